The lowest BCUT2D eigenvalue weighted by Gasteiger charge is -2.06. The van der Waals surface area contributed by atoms with E-state index in [0.29, 0.717) is 17.1 Å². The molecule has 0 radical (unpaired) electrons. The van der Waals surface area contributed by atoms with Crippen LogP contribution in [0, 0.1) is 6.92 Å². The summed E-state index contributed by atoms with van der Waals surface area (Å²) in [6, 6.07) is 10.3. The molecule has 7 heteroatoms. The number of aryl methyl sites for hydroxylation is 1. The summed E-state index contributed by atoms with van der Waals surface area (Å²) in [5, 5.41) is 13.5. The number of halogens is 1. The van der Waals surface area contributed by atoms with Gasteiger partial charge in [-0.25, -0.2) is 5.43 Å². The van der Waals surface area contributed by atoms with Crippen LogP contribution in [0.3, 0.4) is 0 Å². The molecule has 126 valence electrons. The van der Waals surface area contributed by atoms with Crippen LogP contribution in [0.2, 0.25) is 0 Å². The van der Waals surface area contributed by atoms with Crippen LogP contribution in [0.15, 0.2) is 46.0 Å². The Morgan fingerprint density at radius 1 is 1.33 bits per heavy atom. The molecule has 0 fully saturated rings. The van der Waals surface area contributed by atoms with Gasteiger partial charge in [-0.15, -0.1) is 0 Å². The fourth-order valence-electron chi connectivity index (χ4n) is 1.85. The lowest BCUT2D eigenvalue weighted by Crippen LogP contribution is -2.24. The molecule has 0 aromatic heterocycles. The van der Waals surface area contributed by atoms with Gasteiger partial charge in [-0.05, 0) is 54.4 Å². The van der Waals surface area contributed by atoms with Crippen molar-refractivity contribution in [3.8, 4) is 17.2 Å². The quantitative estimate of drug-likeness (QED) is 0.584. The number of amides is 1. The first-order valence-corrected chi connectivity index (χ1v) is 7.86. The zero-order valence-electron chi connectivity index (χ0n) is 13.2. The molecule has 1 amide bonds. The molecule has 0 spiro atoms. The van der Waals surface area contributed by atoms with Crippen molar-refractivity contribution >= 4 is 28.1 Å². The maximum Gasteiger partial charge on any atom is 0.277 e. The number of carbonyl (C=O) groups is 1. The van der Waals surface area contributed by atoms with E-state index < -0.39 is 0 Å². The number of ether oxygens (including phenoxy) is 2. The van der Waals surface area contributed by atoms with Crippen LogP contribution >= 0.6 is 15.9 Å². The molecule has 0 atom stereocenters. The van der Waals surface area contributed by atoms with Crippen LogP contribution in [-0.4, -0.2) is 30.9 Å². The van der Waals surface area contributed by atoms with Crippen molar-refractivity contribution in [2.45, 2.75) is 6.92 Å². The van der Waals surface area contributed by atoms with E-state index in [1.807, 2.05) is 19.1 Å². The average Bonchev–Trinajstić information content (AvgIpc) is 2.56. The summed E-state index contributed by atoms with van der Waals surface area (Å²) in [4.78, 5) is 11.7. The first-order valence-electron chi connectivity index (χ1n) is 7.07. The van der Waals surface area contributed by atoms with Crippen LogP contribution in [-0.2, 0) is 4.79 Å². The number of nitrogens with one attached hydrogen (secondary N) is 1. The normalized spacial score (nSPS) is 10.6. The van der Waals surface area contributed by atoms with Crippen molar-refractivity contribution in [3.05, 3.63) is 52.0 Å². The molecule has 0 aliphatic rings. The van der Waals surface area contributed by atoms with Gasteiger partial charge in [-0.3, -0.25) is 4.79 Å². The van der Waals surface area contributed by atoms with Crippen molar-refractivity contribution in [1.82, 2.24) is 5.43 Å². The summed E-state index contributed by atoms with van der Waals surface area (Å²) in [6.45, 7) is 1.79. The second kappa shape index (κ2) is 8.35. The first-order chi connectivity index (χ1) is 11.5. The zero-order valence-corrected chi connectivity index (χ0v) is 14.8. The summed E-state index contributed by atoms with van der Waals surface area (Å²) < 4.78 is 11.3. The number of phenols is 1. The SMILES string of the molecule is COc1ccc(/C=N/NC(=O)COc2ccc(Br)c(C)c2)cc1O. The average molecular weight is 393 g/mol. The molecule has 0 heterocycles. The number of hydrogen-bond donors (Lipinski definition) is 2. The fourth-order valence-corrected chi connectivity index (χ4v) is 2.10. The third-order valence-electron chi connectivity index (χ3n) is 3.11. The highest BCUT2D eigenvalue weighted by Crippen LogP contribution is 2.25. The molecule has 2 aromatic rings. The Hall–Kier alpha value is -2.54. The minimum Gasteiger partial charge on any atom is -0.504 e. The minimum atomic E-state index is -0.385. The summed E-state index contributed by atoms with van der Waals surface area (Å²) in [5.74, 6) is 0.593. The van der Waals surface area contributed by atoms with Gasteiger partial charge in [0.05, 0.1) is 13.3 Å². The predicted octanol–water partition coefficient (Wildman–Crippen LogP) is 3.00. The largest absolute Gasteiger partial charge is 0.504 e. The van der Waals surface area contributed by atoms with Crippen LogP contribution in [0.5, 0.6) is 17.2 Å². The molecule has 2 N–H and O–H groups in total. The van der Waals surface area contributed by atoms with Crippen molar-refractivity contribution in [2.75, 3.05) is 13.7 Å². The number of hydrazone groups is 1. The van der Waals surface area contributed by atoms with Crippen molar-refractivity contribution in [3.63, 3.8) is 0 Å². The molecule has 0 unspecified atom stereocenters. The maximum absolute atomic E-state index is 11.7. The standard InChI is InChI=1S/C17H17BrN2O4/c1-11-7-13(4-5-14(11)18)24-10-17(22)20-19-9-12-3-6-16(23-2)15(21)8-12/h3-9,21H,10H2,1-2H3,(H,20,22)/b19-9+. The summed E-state index contributed by atoms with van der Waals surface area (Å²) in [6.07, 6.45) is 1.42. The Morgan fingerprint density at radius 3 is 2.79 bits per heavy atom. The zero-order chi connectivity index (χ0) is 17.5. The third-order valence-corrected chi connectivity index (χ3v) is 3.99. The van der Waals surface area contributed by atoms with Crippen molar-refractivity contribution in [1.29, 1.82) is 0 Å². The fraction of sp³-hybridized carbons (Fsp3) is 0.176. The molecule has 0 saturated carbocycles. The number of phenolic OH excluding ortho intramolecular Hbond substituents is 1. The Kier molecular flexibility index (Phi) is 6.20. The Balaban J connectivity index is 1.84. The highest BCUT2D eigenvalue weighted by molar-refractivity contribution is 9.10. The molecule has 0 saturated heterocycles. The number of methoxy groups -OCH3 is 1. The van der Waals surface area contributed by atoms with E-state index in [0.717, 1.165) is 10.0 Å². The second-order valence-corrected chi connectivity index (χ2v) is 5.78. The summed E-state index contributed by atoms with van der Waals surface area (Å²) in [7, 11) is 1.47. The lowest BCUT2D eigenvalue weighted by molar-refractivity contribution is -0.123. The molecule has 0 aliphatic heterocycles. The van der Waals surface area contributed by atoms with Gasteiger partial charge in [0.15, 0.2) is 18.1 Å². The number of rotatable bonds is 6. The van der Waals surface area contributed by atoms with E-state index in [1.165, 1.54) is 19.4 Å². The van der Waals surface area contributed by atoms with Gasteiger partial charge in [0.2, 0.25) is 0 Å². The van der Waals surface area contributed by atoms with Gasteiger partial charge in [-0.2, -0.15) is 5.10 Å². The number of nitrogens with zero attached hydrogens (tertiary/aromatic N) is 1. The smallest absolute Gasteiger partial charge is 0.277 e. The van der Waals surface area contributed by atoms with Gasteiger partial charge in [-0.1, -0.05) is 15.9 Å². The topological polar surface area (TPSA) is 80.2 Å². The highest BCUT2D eigenvalue weighted by Gasteiger charge is 2.04. The van der Waals surface area contributed by atoms with Crippen LogP contribution in [0.4, 0.5) is 0 Å². The molecule has 24 heavy (non-hydrogen) atoms. The number of aromatic hydroxyl groups is 1. The van der Waals surface area contributed by atoms with E-state index >= 15 is 0 Å². The van der Waals surface area contributed by atoms with Crippen molar-refractivity contribution < 1.29 is 19.4 Å². The number of benzene rings is 2. The predicted molar refractivity (Wildman–Crippen MR) is 94.8 cm³/mol. The van der Waals surface area contributed by atoms with Gasteiger partial charge in [0.1, 0.15) is 5.75 Å². The van der Waals surface area contributed by atoms with Gasteiger partial charge in [0, 0.05) is 4.47 Å². The summed E-state index contributed by atoms with van der Waals surface area (Å²) >= 11 is 3.40. The van der Waals surface area contributed by atoms with E-state index in [-0.39, 0.29) is 18.3 Å². The Labute approximate surface area is 148 Å². The minimum absolute atomic E-state index is 0.00159. The number of carbonyl (C=O) groups excluding carboxylic acids is 1. The Morgan fingerprint density at radius 2 is 2.12 bits per heavy atom. The van der Waals surface area contributed by atoms with E-state index in [1.54, 1.807) is 18.2 Å². The molecule has 0 aliphatic carbocycles. The molecule has 2 aromatic carbocycles. The molecular weight excluding hydrogens is 376 g/mol. The van der Waals surface area contributed by atoms with Crippen LogP contribution < -0.4 is 14.9 Å². The Bertz CT molecular complexity index is 762. The molecular formula is C17H17BrN2O4. The van der Waals surface area contributed by atoms with Gasteiger partial charge in [0.25, 0.3) is 5.91 Å². The van der Waals surface area contributed by atoms with Gasteiger partial charge < -0.3 is 14.6 Å². The highest BCUT2D eigenvalue weighted by atomic mass is 79.9. The molecule has 0 bridgehead atoms. The van der Waals surface area contributed by atoms with Crippen molar-refractivity contribution in [2.24, 2.45) is 5.10 Å². The maximum atomic E-state index is 11.7. The third kappa shape index (κ3) is 4.99. The first kappa shape index (κ1) is 17.8. The van der Waals surface area contributed by atoms with E-state index in [4.69, 9.17) is 9.47 Å². The van der Waals surface area contributed by atoms with Crippen LogP contribution in [0.1, 0.15) is 11.1 Å². The van der Waals surface area contributed by atoms with E-state index in [2.05, 4.69) is 26.5 Å². The molecule has 6 nitrogen and oxygen atoms in total. The number of hydrogen-bond acceptors (Lipinski definition) is 5. The summed E-state index contributed by atoms with van der Waals surface area (Å²) in [5.41, 5.74) is 4.00. The van der Waals surface area contributed by atoms with Crippen LogP contribution in [0.25, 0.3) is 0 Å². The van der Waals surface area contributed by atoms with Gasteiger partial charge >= 0.3 is 0 Å². The second-order valence-electron chi connectivity index (χ2n) is 4.92. The van der Waals surface area contributed by atoms with E-state index in [9.17, 15) is 9.90 Å². The molecule has 2 rings (SSSR count). The monoisotopic (exact) mass is 392 g/mol. The lowest BCUT2D eigenvalue weighted by atomic mass is 10.2.